The molecule has 0 radical (unpaired) electrons. The molecule has 1 aromatic rings. The second-order valence-corrected chi connectivity index (χ2v) is 3.80. The van der Waals surface area contributed by atoms with Gasteiger partial charge in [-0.1, -0.05) is 18.5 Å². The van der Waals surface area contributed by atoms with Crippen molar-refractivity contribution in [3.8, 4) is 0 Å². The standard InChI is InChI=1S/C10H13ClN2/c1-2-7-3-4-9-8(12-7)5-6-10(11)13-9/h5-7,12H,2-4H2,1H3. The van der Waals surface area contributed by atoms with E-state index in [0.717, 1.165) is 24.2 Å². The van der Waals surface area contributed by atoms with E-state index in [2.05, 4.69) is 17.2 Å². The van der Waals surface area contributed by atoms with Gasteiger partial charge in [-0.05, 0) is 31.4 Å². The Hall–Kier alpha value is -0.760. The van der Waals surface area contributed by atoms with Gasteiger partial charge in [-0.3, -0.25) is 0 Å². The van der Waals surface area contributed by atoms with Crippen molar-refractivity contribution in [1.29, 1.82) is 0 Å². The minimum atomic E-state index is 0.593. The first-order chi connectivity index (χ1) is 6.29. The first-order valence-corrected chi connectivity index (χ1v) is 5.09. The molecule has 0 fully saturated rings. The molecule has 1 aliphatic heterocycles. The van der Waals surface area contributed by atoms with E-state index >= 15 is 0 Å². The number of aryl methyl sites for hydroxylation is 1. The molecular formula is C10H13ClN2. The SMILES string of the molecule is CCC1CCc2nc(Cl)ccc2N1. The maximum atomic E-state index is 5.81. The number of rotatable bonds is 1. The maximum absolute atomic E-state index is 5.81. The van der Waals surface area contributed by atoms with Gasteiger partial charge < -0.3 is 5.32 Å². The summed E-state index contributed by atoms with van der Waals surface area (Å²) in [7, 11) is 0. The van der Waals surface area contributed by atoms with Crippen LogP contribution in [0.4, 0.5) is 5.69 Å². The number of nitrogens with one attached hydrogen (secondary N) is 1. The van der Waals surface area contributed by atoms with Gasteiger partial charge in [0, 0.05) is 6.04 Å². The zero-order valence-corrected chi connectivity index (χ0v) is 8.43. The van der Waals surface area contributed by atoms with Gasteiger partial charge in [0.2, 0.25) is 0 Å². The highest BCUT2D eigenvalue weighted by molar-refractivity contribution is 6.29. The summed E-state index contributed by atoms with van der Waals surface area (Å²) >= 11 is 5.81. The molecule has 0 spiro atoms. The molecular weight excluding hydrogens is 184 g/mol. The zero-order chi connectivity index (χ0) is 9.26. The number of nitrogens with zero attached hydrogens (tertiary/aromatic N) is 1. The minimum absolute atomic E-state index is 0.593. The Morgan fingerprint density at radius 2 is 2.46 bits per heavy atom. The fraction of sp³-hybridized carbons (Fsp3) is 0.500. The van der Waals surface area contributed by atoms with Crippen LogP contribution in [0.3, 0.4) is 0 Å². The van der Waals surface area contributed by atoms with Crippen LogP contribution in [0.1, 0.15) is 25.5 Å². The summed E-state index contributed by atoms with van der Waals surface area (Å²) in [4.78, 5) is 4.29. The molecule has 70 valence electrons. The van der Waals surface area contributed by atoms with E-state index in [9.17, 15) is 0 Å². The van der Waals surface area contributed by atoms with Gasteiger partial charge in [0.15, 0.2) is 0 Å². The van der Waals surface area contributed by atoms with Crippen LogP contribution in [0.15, 0.2) is 12.1 Å². The lowest BCUT2D eigenvalue weighted by atomic mass is 10.0. The van der Waals surface area contributed by atoms with Crippen LogP contribution in [-0.4, -0.2) is 11.0 Å². The molecule has 1 aliphatic rings. The van der Waals surface area contributed by atoms with Crippen LogP contribution in [0, 0.1) is 0 Å². The fourth-order valence-corrected chi connectivity index (χ4v) is 1.87. The fourth-order valence-electron chi connectivity index (χ4n) is 1.71. The largest absolute Gasteiger partial charge is 0.381 e. The first kappa shape index (κ1) is 8.82. The van der Waals surface area contributed by atoms with E-state index in [-0.39, 0.29) is 0 Å². The summed E-state index contributed by atoms with van der Waals surface area (Å²) in [5.41, 5.74) is 2.26. The van der Waals surface area contributed by atoms with Gasteiger partial charge in [-0.15, -0.1) is 0 Å². The Morgan fingerprint density at radius 1 is 1.62 bits per heavy atom. The Balaban J connectivity index is 2.26. The molecule has 0 amide bonds. The molecule has 0 aromatic carbocycles. The highest BCUT2D eigenvalue weighted by Gasteiger charge is 2.16. The molecule has 1 atom stereocenters. The Morgan fingerprint density at radius 3 is 3.23 bits per heavy atom. The van der Waals surface area contributed by atoms with E-state index in [1.165, 1.54) is 6.42 Å². The lowest BCUT2D eigenvalue weighted by Crippen LogP contribution is -2.25. The molecule has 0 saturated heterocycles. The second kappa shape index (κ2) is 3.54. The third-order valence-corrected chi connectivity index (χ3v) is 2.73. The summed E-state index contributed by atoms with van der Waals surface area (Å²) in [6.07, 6.45) is 3.38. The first-order valence-electron chi connectivity index (χ1n) is 4.71. The van der Waals surface area contributed by atoms with Crippen molar-refractivity contribution in [3.63, 3.8) is 0 Å². The highest BCUT2D eigenvalue weighted by atomic mass is 35.5. The molecule has 0 aliphatic carbocycles. The van der Waals surface area contributed by atoms with Crippen molar-refractivity contribution < 1.29 is 0 Å². The molecule has 2 rings (SSSR count). The average molecular weight is 197 g/mol. The van der Waals surface area contributed by atoms with Crippen molar-refractivity contribution in [2.45, 2.75) is 32.2 Å². The van der Waals surface area contributed by atoms with Crippen molar-refractivity contribution in [2.75, 3.05) is 5.32 Å². The van der Waals surface area contributed by atoms with Crippen molar-refractivity contribution in [2.24, 2.45) is 0 Å². The minimum Gasteiger partial charge on any atom is -0.381 e. The highest BCUT2D eigenvalue weighted by Crippen LogP contribution is 2.25. The number of halogens is 1. The molecule has 1 unspecified atom stereocenters. The number of hydrogen-bond donors (Lipinski definition) is 1. The molecule has 2 heterocycles. The van der Waals surface area contributed by atoms with Gasteiger partial charge in [0.05, 0.1) is 11.4 Å². The summed E-state index contributed by atoms with van der Waals surface area (Å²) in [5, 5.41) is 4.05. The summed E-state index contributed by atoms with van der Waals surface area (Å²) in [6.45, 7) is 2.20. The molecule has 1 N–H and O–H groups in total. The third-order valence-electron chi connectivity index (χ3n) is 2.52. The summed E-state index contributed by atoms with van der Waals surface area (Å²) in [5.74, 6) is 0. The van der Waals surface area contributed by atoms with Gasteiger partial charge in [-0.25, -0.2) is 4.98 Å². The molecule has 0 bridgehead atoms. The monoisotopic (exact) mass is 196 g/mol. The van der Waals surface area contributed by atoms with Crippen molar-refractivity contribution in [3.05, 3.63) is 23.0 Å². The third kappa shape index (κ3) is 1.78. The number of fused-ring (bicyclic) bond motifs is 1. The lowest BCUT2D eigenvalue weighted by molar-refractivity contribution is 0.606. The van der Waals surface area contributed by atoms with Crippen molar-refractivity contribution >= 4 is 17.3 Å². The summed E-state index contributed by atoms with van der Waals surface area (Å²) < 4.78 is 0. The Labute approximate surface area is 83.3 Å². The van der Waals surface area contributed by atoms with Gasteiger partial charge >= 0.3 is 0 Å². The van der Waals surface area contributed by atoms with Crippen LogP contribution < -0.4 is 5.32 Å². The molecule has 13 heavy (non-hydrogen) atoms. The maximum Gasteiger partial charge on any atom is 0.129 e. The van der Waals surface area contributed by atoms with E-state index in [1.54, 1.807) is 0 Å². The van der Waals surface area contributed by atoms with Crippen LogP contribution in [0.25, 0.3) is 0 Å². The predicted octanol–water partition coefficient (Wildman–Crippen LogP) is 2.87. The normalized spacial score (nSPS) is 20.6. The van der Waals surface area contributed by atoms with Gasteiger partial charge in [0.25, 0.3) is 0 Å². The topological polar surface area (TPSA) is 24.9 Å². The van der Waals surface area contributed by atoms with Crippen LogP contribution >= 0.6 is 11.6 Å². The zero-order valence-electron chi connectivity index (χ0n) is 7.68. The second-order valence-electron chi connectivity index (χ2n) is 3.42. The number of hydrogen-bond acceptors (Lipinski definition) is 2. The van der Waals surface area contributed by atoms with Crippen molar-refractivity contribution in [1.82, 2.24) is 4.98 Å². The molecule has 3 heteroatoms. The van der Waals surface area contributed by atoms with Crippen LogP contribution in [0.5, 0.6) is 0 Å². The number of anilines is 1. The van der Waals surface area contributed by atoms with Crippen LogP contribution in [0.2, 0.25) is 5.15 Å². The Bertz CT molecular complexity index is 312. The smallest absolute Gasteiger partial charge is 0.129 e. The molecule has 2 nitrogen and oxygen atoms in total. The van der Waals surface area contributed by atoms with E-state index < -0.39 is 0 Å². The van der Waals surface area contributed by atoms with E-state index in [1.807, 2.05) is 12.1 Å². The van der Waals surface area contributed by atoms with Gasteiger partial charge in [0.1, 0.15) is 5.15 Å². The average Bonchev–Trinajstić information content (AvgIpc) is 2.17. The number of pyridine rings is 1. The molecule has 0 saturated carbocycles. The predicted molar refractivity (Wildman–Crippen MR) is 55.3 cm³/mol. The lowest BCUT2D eigenvalue weighted by Gasteiger charge is -2.25. The van der Waals surface area contributed by atoms with Gasteiger partial charge in [-0.2, -0.15) is 0 Å². The molecule has 1 aromatic heterocycles. The Kier molecular flexibility index (Phi) is 2.40. The van der Waals surface area contributed by atoms with Crippen LogP contribution in [-0.2, 0) is 6.42 Å². The number of aromatic nitrogens is 1. The summed E-state index contributed by atoms with van der Waals surface area (Å²) in [6, 6.07) is 4.47. The van der Waals surface area contributed by atoms with E-state index in [0.29, 0.717) is 11.2 Å². The van der Waals surface area contributed by atoms with E-state index in [4.69, 9.17) is 11.6 Å². The quantitative estimate of drug-likeness (QED) is 0.699.